The maximum atomic E-state index is 11.7. The largest absolute Gasteiger partial charge is 0.444 e. The van der Waals surface area contributed by atoms with Gasteiger partial charge in [-0.05, 0) is 20.8 Å². The van der Waals surface area contributed by atoms with Crippen LogP contribution in [0.15, 0.2) is 0 Å². The van der Waals surface area contributed by atoms with Crippen LogP contribution in [0.3, 0.4) is 0 Å². The van der Waals surface area contributed by atoms with Gasteiger partial charge in [0.25, 0.3) is 0 Å². The van der Waals surface area contributed by atoms with E-state index in [0.717, 1.165) is 0 Å². The van der Waals surface area contributed by atoms with Gasteiger partial charge < -0.3 is 9.47 Å². The molecule has 0 saturated carbocycles. The first kappa shape index (κ1) is 11.2. The second-order valence-corrected chi connectivity index (χ2v) is 5.50. The lowest BCUT2D eigenvalue weighted by molar-refractivity contribution is -0.203. The smallest absolute Gasteiger partial charge is 0.411 e. The lowest BCUT2D eigenvalue weighted by atomic mass is 9.70. The van der Waals surface area contributed by atoms with E-state index in [0.29, 0.717) is 19.8 Å². The highest BCUT2D eigenvalue weighted by Gasteiger charge is 2.60. The molecule has 2 aliphatic heterocycles. The predicted octanol–water partition coefficient (Wildman–Crippen LogP) is 1.15. The minimum absolute atomic E-state index is 0.119. The zero-order valence-electron chi connectivity index (χ0n) is 9.82. The molecule has 1 unspecified atom stereocenters. The number of amides is 1. The highest BCUT2D eigenvalue weighted by atomic mass is 16.6. The van der Waals surface area contributed by atoms with Crippen LogP contribution in [0.2, 0.25) is 0 Å². The first-order chi connectivity index (χ1) is 7.38. The Bertz CT molecular complexity index is 349. The molecular weight excluding hydrogens is 208 g/mol. The van der Waals surface area contributed by atoms with E-state index in [1.165, 1.54) is 4.90 Å². The highest BCUT2D eigenvalue weighted by Crippen LogP contribution is 2.44. The van der Waals surface area contributed by atoms with Gasteiger partial charge in [0, 0.05) is 6.54 Å². The molecule has 0 aliphatic carbocycles. The van der Waals surface area contributed by atoms with Gasteiger partial charge in [0.15, 0.2) is 0 Å². The molecular formula is C11H16N2O3. The van der Waals surface area contributed by atoms with Gasteiger partial charge in [-0.2, -0.15) is 5.26 Å². The number of nitrogens with zero attached hydrogens (tertiary/aromatic N) is 2. The molecule has 0 N–H and O–H groups in total. The molecule has 5 nitrogen and oxygen atoms in total. The SMILES string of the molecule is CC(C)(C)OC(=O)N1CC2(COC2)C1C#N. The van der Waals surface area contributed by atoms with Gasteiger partial charge in [-0.3, -0.25) is 4.90 Å². The summed E-state index contributed by atoms with van der Waals surface area (Å²) in [7, 11) is 0. The quantitative estimate of drug-likeness (QED) is 0.619. The number of likely N-dealkylation sites (tertiary alicyclic amines) is 1. The lowest BCUT2D eigenvalue weighted by Gasteiger charge is -2.57. The molecule has 2 rings (SSSR count). The molecule has 0 aromatic heterocycles. The van der Waals surface area contributed by atoms with E-state index in [1.807, 2.05) is 20.8 Å². The molecule has 0 aromatic carbocycles. The summed E-state index contributed by atoms with van der Waals surface area (Å²) in [6.07, 6.45) is -0.406. The fraction of sp³-hybridized carbons (Fsp3) is 0.818. The average Bonchev–Trinajstić information content (AvgIpc) is 1.96. The van der Waals surface area contributed by atoms with Crippen molar-refractivity contribution in [3.05, 3.63) is 0 Å². The third-order valence-corrected chi connectivity index (χ3v) is 2.91. The second-order valence-electron chi connectivity index (χ2n) is 5.50. The van der Waals surface area contributed by atoms with Crippen molar-refractivity contribution in [2.24, 2.45) is 5.41 Å². The maximum absolute atomic E-state index is 11.7. The maximum Gasteiger partial charge on any atom is 0.411 e. The Morgan fingerprint density at radius 3 is 2.56 bits per heavy atom. The van der Waals surface area contributed by atoms with Crippen molar-refractivity contribution in [1.29, 1.82) is 5.26 Å². The van der Waals surface area contributed by atoms with Crippen molar-refractivity contribution in [2.75, 3.05) is 19.8 Å². The third-order valence-electron chi connectivity index (χ3n) is 2.91. The summed E-state index contributed by atoms with van der Waals surface area (Å²) >= 11 is 0. The average molecular weight is 224 g/mol. The summed E-state index contributed by atoms with van der Waals surface area (Å²) in [5.41, 5.74) is -0.637. The zero-order valence-corrected chi connectivity index (χ0v) is 9.82. The molecule has 0 bridgehead atoms. The van der Waals surface area contributed by atoms with Crippen molar-refractivity contribution in [1.82, 2.24) is 4.90 Å². The van der Waals surface area contributed by atoms with Crippen molar-refractivity contribution in [3.63, 3.8) is 0 Å². The van der Waals surface area contributed by atoms with E-state index in [4.69, 9.17) is 14.7 Å². The highest BCUT2D eigenvalue weighted by molar-refractivity contribution is 5.71. The Hall–Kier alpha value is -1.28. The summed E-state index contributed by atoms with van der Waals surface area (Å²) in [5, 5.41) is 9.05. The minimum Gasteiger partial charge on any atom is -0.444 e. The predicted molar refractivity (Wildman–Crippen MR) is 55.6 cm³/mol. The Balaban J connectivity index is 1.98. The monoisotopic (exact) mass is 224 g/mol. The van der Waals surface area contributed by atoms with Crippen molar-refractivity contribution >= 4 is 6.09 Å². The summed E-state index contributed by atoms with van der Waals surface area (Å²) < 4.78 is 10.3. The standard InChI is InChI=1S/C11H16N2O3/c1-10(2,3)16-9(14)13-5-11(6-15-7-11)8(13)4-12/h8H,5-7H2,1-3H3. The first-order valence-electron chi connectivity index (χ1n) is 5.35. The molecule has 1 atom stereocenters. The van der Waals surface area contributed by atoms with Crippen LogP contribution in [0.5, 0.6) is 0 Å². The molecule has 2 aliphatic rings. The first-order valence-corrected chi connectivity index (χ1v) is 5.35. The number of carbonyl (C=O) groups is 1. The number of nitriles is 1. The lowest BCUT2D eigenvalue weighted by Crippen LogP contribution is -2.73. The van der Waals surface area contributed by atoms with Crippen LogP contribution in [0, 0.1) is 16.7 Å². The molecule has 1 amide bonds. The van der Waals surface area contributed by atoms with Crippen molar-refractivity contribution in [3.8, 4) is 6.07 Å². The Kier molecular flexibility index (Phi) is 2.35. The van der Waals surface area contributed by atoms with Gasteiger partial charge in [-0.1, -0.05) is 0 Å². The van der Waals surface area contributed by atoms with Crippen LogP contribution in [0.1, 0.15) is 20.8 Å². The van der Waals surface area contributed by atoms with Gasteiger partial charge in [0.05, 0.1) is 24.7 Å². The molecule has 2 heterocycles. The van der Waals surface area contributed by atoms with E-state index in [9.17, 15) is 4.79 Å². The fourth-order valence-corrected chi connectivity index (χ4v) is 2.05. The molecule has 16 heavy (non-hydrogen) atoms. The number of hydrogen-bond donors (Lipinski definition) is 0. The third kappa shape index (κ3) is 1.63. The summed E-state index contributed by atoms with van der Waals surface area (Å²) in [4.78, 5) is 13.2. The van der Waals surface area contributed by atoms with Crippen LogP contribution < -0.4 is 0 Å². The number of carbonyl (C=O) groups excluding carboxylic acids is 1. The second kappa shape index (κ2) is 3.36. The molecule has 5 heteroatoms. The molecule has 2 saturated heterocycles. The van der Waals surface area contributed by atoms with Crippen molar-refractivity contribution < 1.29 is 14.3 Å². The molecule has 2 fully saturated rings. The molecule has 0 aromatic rings. The van der Waals surface area contributed by atoms with E-state index in [-0.39, 0.29) is 5.41 Å². The molecule has 1 spiro atoms. The van der Waals surface area contributed by atoms with E-state index >= 15 is 0 Å². The van der Waals surface area contributed by atoms with Crippen molar-refractivity contribution in [2.45, 2.75) is 32.4 Å². The number of ether oxygens (including phenoxy) is 2. The Labute approximate surface area is 94.9 Å². The fourth-order valence-electron chi connectivity index (χ4n) is 2.05. The summed E-state index contributed by atoms with van der Waals surface area (Å²) in [6.45, 7) is 7.16. The van der Waals surface area contributed by atoms with Crippen LogP contribution in [-0.2, 0) is 9.47 Å². The topological polar surface area (TPSA) is 62.6 Å². The molecule has 88 valence electrons. The minimum atomic E-state index is -0.518. The van der Waals surface area contributed by atoms with E-state index in [2.05, 4.69) is 6.07 Å². The Morgan fingerprint density at radius 2 is 2.19 bits per heavy atom. The van der Waals surface area contributed by atoms with Gasteiger partial charge in [0.2, 0.25) is 0 Å². The normalized spacial score (nSPS) is 26.6. The van der Waals surface area contributed by atoms with Crippen LogP contribution in [-0.4, -0.2) is 42.4 Å². The van der Waals surface area contributed by atoms with Crippen LogP contribution >= 0.6 is 0 Å². The number of rotatable bonds is 0. The number of hydrogen-bond acceptors (Lipinski definition) is 4. The van der Waals surface area contributed by atoms with Gasteiger partial charge in [0.1, 0.15) is 11.6 Å². The summed E-state index contributed by atoms with van der Waals surface area (Å²) in [5.74, 6) is 0. The van der Waals surface area contributed by atoms with Crippen LogP contribution in [0.25, 0.3) is 0 Å². The van der Waals surface area contributed by atoms with Gasteiger partial charge in [-0.15, -0.1) is 0 Å². The Morgan fingerprint density at radius 1 is 1.56 bits per heavy atom. The van der Waals surface area contributed by atoms with Gasteiger partial charge in [-0.25, -0.2) is 4.79 Å². The molecule has 0 radical (unpaired) electrons. The van der Waals surface area contributed by atoms with Gasteiger partial charge >= 0.3 is 6.09 Å². The van der Waals surface area contributed by atoms with E-state index < -0.39 is 17.7 Å². The van der Waals surface area contributed by atoms with Crippen LogP contribution in [0.4, 0.5) is 4.79 Å². The zero-order chi connectivity index (χ0) is 12.0. The summed E-state index contributed by atoms with van der Waals surface area (Å²) in [6, 6.07) is 1.76. The van der Waals surface area contributed by atoms with E-state index in [1.54, 1.807) is 0 Å².